The Balaban J connectivity index is 2.54. The molecule has 0 radical (unpaired) electrons. The first-order valence-electron chi connectivity index (χ1n) is 5.59. The first-order chi connectivity index (χ1) is 8.90. The van der Waals surface area contributed by atoms with E-state index in [0.29, 0.717) is 20.7 Å². The lowest BCUT2D eigenvalue weighted by Gasteiger charge is -2.00. The Labute approximate surface area is 122 Å². The largest absolute Gasteiger partial charge is 0.477 e. The van der Waals surface area contributed by atoms with Crippen molar-refractivity contribution in [2.24, 2.45) is 0 Å². The molecule has 0 unspecified atom stereocenters. The van der Waals surface area contributed by atoms with Gasteiger partial charge in [0.15, 0.2) is 0 Å². The number of aromatic carboxylic acids is 1. The average Bonchev–Trinajstić information content (AvgIpc) is 2.78. The van der Waals surface area contributed by atoms with Crippen molar-refractivity contribution in [1.29, 1.82) is 0 Å². The topological polar surface area (TPSA) is 50.2 Å². The van der Waals surface area contributed by atoms with Gasteiger partial charge in [-0.05, 0) is 34.0 Å². The second-order valence-electron chi connectivity index (χ2n) is 4.32. The van der Waals surface area contributed by atoms with Gasteiger partial charge in [0.2, 0.25) is 0 Å². The maximum Gasteiger partial charge on any atom is 0.347 e. The van der Waals surface area contributed by atoms with Crippen molar-refractivity contribution in [2.75, 3.05) is 0 Å². The highest BCUT2D eigenvalue weighted by atomic mass is 79.9. The van der Waals surface area contributed by atoms with Crippen LogP contribution in [0.3, 0.4) is 0 Å². The number of thiazole rings is 1. The van der Waals surface area contributed by atoms with E-state index < -0.39 is 11.8 Å². The van der Waals surface area contributed by atoms with Crippen LogP contribution >= 0.6 is 27.3 Å². The number of carboxylic acid groups (broad SMARTS) is 1. The van der Waals surface area contributed by atoms with E-state index in [-0.39, 0.29) is 10.8 Å². The Kier molecular flexibility index (Phi) is 4.01. The van der Waals surface area contributed by atoms with E-state index in [0.717, 1.165) is 11.3 Å². The van der Waals surface area contributed by atoms with Crippen molar-refractivity contribution in [1.82, 2.24) is 4.98 Å². The predicted octanol–water partition coefficient (Wildman–Crippen LogP) is 4.53. The molecule has 100 valence electrons. The minimum Gasteiger partial charge on any atom is -0.477 e. The number of hydrogen-bond acceptors (Lipinski definition) is 3. The highest BCUT2D eigenvalue weighted by Gasteiger charge is 2.20. The van der Waals surface area contributed by atoms with Gasteiger partial charge in [-0.2, -0.15) is 0 Å². The molecule has 3 nitrogen and oxygen atoms in total. The fraction of sp³-hybridized carbons (Fsp3) is 0.231. The number of halogens is 2. The van der Waals surface area contributed by atoms with Crippen molar-refractivity contribution >= 4 is 33.2 Å². The minimum atomic E-state index is -0.995. The predicted molar refractivity (Wildman–Crippen MR) is 76.3 cm³/mol. The van der Waals surface area contributed by atoms with Gasteiger partial charge in [0.1, 0.15) is 15.7 Å². The molecule has 6 heteroatoms. The summed E-state index contributed by atoms with van der Waals surface area (Å²) in [4.78, 5) is 15.7. The zero-order chi connectivity index (χ0) is 14.2. The zero-order valence-electron chi connectivity index (χ0n) is 10.3. The normalized spacial score (nSPS) is 11.0. The van der Waals surface area contributed by atoms with Gasteiger partial charge in [-0.15, -0.1) is 11.3 Å². The molecule has 0 aliphatic rings. The molecule has 0 atom stereocenters. The highest BCUT2D eigenvalue weighted by Crippen LogP contribution is 2.33. The molecule has 1 heterocycles. The maximum absolute atomic E-state index is 13.5. The Morgan fingerprint density at radius 3 is 2.63 bits per heavy atom. The van der Waals surface area contributed by atoms with E-state index in [1.807, 2.05) is 13.8 Å². The fourth-order valence-corrected chi connectivity index (χ4v) is 2.93. The monoisotopic (exact) mass is 343 g/mol. The van der Waals surface area contributed by atoms with Crippen LogP contribution in [-0.4, -0.2) is 16.1 Å². The third-order valence-corrected chi connectivity index (χ3v) is 4.31. The van der Waals surface area contributed by atoms with E-state index in [1.54, 1.807) is 12.1 Å². The van der Waals surface area contributed by atoms with Crippen LogP contribution in [-0.2, 0) is 0 Å². The standard InChI is InChI=1S/C13H11BrFNO2S/c1-6(2)10-11(13(17)18)19-12(16-10)7-3-4-8(14)9(15)5-7/h3-6H,1-2H3,(H,17,18). The SMILES string of the molecule is CC(C)c1nc(-c2ccc(Br)c(F)c2)sc1C(=O)O. The number of hydrogen-bond donors (Lipinski definition) is 1. The van der Waals surface area contributed by atoms with Crippen LogP contribution in [0.2, 0.25) is 0 Å². The molecule has 0 bridgehead atoms. The molecule has 0 aliphatic heterocycles. The summed E-state index contributed by atoms with van der Waals surface area (Å²) in [6, 6.07) is 4.64. The molecule has 2 aromatic rings. The van der Waals surface area contributed by atoms with Crippen LogP contribution < -0.4 is 0 Å². The molecule has 2 rings (SSSR count). The summed E-state index contributed by atoms with van der Waals surface area (Å²) >= 11 is 4.15. The average molecular weight is 344 g/mol. The zero-order valence-corrected chi connectivity index (χ0v) is 12.7. The first kappa shape index (κ1) is 14.1. The Hall–Kier alpha value is -1.27. The summed E-state index contributed by atoms with van der Waals surface area (Å²) in [5.74, 6) is -1.38. The second kappa shape index (κ2) is 5.38. The third-order valence-electron chi connectivity index (χ3n) is 2.56. The Bertz CT molecular complexity index is 640. The summed E-state index contributed by atoms with van der Waals surface area (Å²) in [5.41, 5.74) is 1.12. The molecular weight excluding hydrogens is 333 g/mol. The minimum absolute atomic E-state index is 0.0106. The van der Waals surface area contributed by atoms with Crippen molar-refractivity contribution < 1.29 is 14.3 Å². The summed E-state index contributed by atoms with van der Waals surface area (Å²) in [5, 5.41) is 9.68. The van der Waals surface area contributed by atoms with Crippen LogP contribution in [0.5, 0.6) is 0 Å². The summed E-state index contributed by atoms with van der Waals surface area (Å²) in [6.07, 6.45) is 0. The maximum atomic E-state index is 13.5. The summed E-state index contributed by atoms with van der Waals surface area (Å²) in [7, 11) is 0. The smallest absolute Gasteiger partial charge is 0.347 e. The quantitative estimate of drug-likeness (QED) is 0.890. The van der Waals surface area contributed by atoms with Gasteiger partial charge < -0.3 is 5.11 Å². The number of benzene rings is 1. The number of carboxylic acids is 1. The molecule has 1 aromatic heterocycles. The van der Waals surface area contributed by atoms with E-state index in [1.165, 1.54) is 6.07 Å². The first-order valence-corrected chi connectivity index (χ1v) is 7.20. The molecule has 0 fully saturated rings. The fourth-order valence-electron chi connectivity index (χ4n) is 1.63. The molecule has 0 aliphatic carbocycles. The number of aromatic nitrogens is 1. The van der Waals surface area contributed by atoms with E-state index in [4.69, 9.17) is 5.11 Å². The summed E-state index contributed by atoms with van der Waals surface area (Å²) in [6.45, 7) is 3.76. The van der Waals surface area contributed by atoms with Crippen LogP contribution in [0.1, 0.15) is 35.1 Å². The number of carbonyl (C=O) groups is 1. The van der Waals surface area contributed by atoms with Crippen molar-refractivity contribution in [3.63, 3.8) is 0 Å². The van der Waals surface area contributed by atoms with Crippen LogP contribution in [0.25, 0.3) is 10.6 Å². The van der Waals surface area contributed by atoms with E-state index >= 15 is 0 Å². The van der Waals surface area contributed by atoms with Crippen LogP contribution in [0.4, 0.5) is 4.39 Å². The van der Waals surface area contributed by atoms with Gasteiger partial charge >= 0.3 is 5.97 Å². The van der Waals surface area contributed by atoms with Gasteiger partial charge in [-0.25, -0.2) is 14.2 Å². The van der Waals surface area contributed by atoms with Gasteiger partial charge in [-0.3, -0.25) is 0 Å². The lowest BCUT2D eigenvalue weighted by atomic mass is 10.1. The molecule has 0 amide bonds. The lowest BCUT2D eigenvalue weighted by Crippen LogP contribution is -2.00. The van der Waals surface area contributed by atoms with E-state index in [2.05, 4.69) is 20.9 Å². The molecular formula is C13H11BrFNO2S. The van der Waals surface area contributed by atoms with Gasteiger partial charge in [-0.1, -0.05) is 19.9 Å². The van der Waals surface area contributed by atoms with Crippen molar-refractivity contribution in [3.8, 4) is 10.6 Å². The van der Waals surface area contributed by atoms with Gasteiger partial charge in [0.25, 0.3) is 0 Å². The highest BCUT2D eigenvalue weighted by molar-refractivity contribution is 9.10. The molecule has 19 heavy (non-hydrogen) atoms. The Morgan fingerprint density at radius 2 is 2.16 bits per heavy atom. The van der Waals surface area contributed by atoms with Crippen molar-refractivity contribution in [2.45, 2.75) is 19.8 Å². The molecule has 0 spiro atoms. The summed E-state index contributed by atoms with van der Waals surface area (Å²) < 4.78 is 13.9. The molecule has 0 saturated carbocycles. The second-order valence-corrected chi connectivity index (χ2v) is 6.18. The van der Waals surface area contributed by atoms with Crippen LogP contribution in [0.15, 0.2) is 22.7 Å². The van der Waals surface area contributed by atoms with Crippen LogP contribution in [0, 0.1) is 5.82 Å². The lowest BCUT2D eigenvalue weighted by molar-refractivity contribution is 0.0700. The Morgan fingerprint density at radius 1 is 1.47 bits per heavy atom. The number of nitrogens with zero attached hydrogens (tertiary/aromatic N) is 1. The third kappa shape index (κ3) is 2.84. The molecule has 1 N–H and O–H groups in total. The molecule has 1 aromatic carbocycles. The van der Waals surface area contributed by atoms with Gasteiger partial charge in [0.05, 0.1) is 10.2 Å². The van der Waals surface area contributed by atoms with Gasteiger partial charge in [0, 0.05) is 5.56 Å². The molecule has 0 saturated heterocycles. The number of rotatable bonds is 3. The van der Waals surface area contributed by atoms with Crippen molar-refractivity contribution in [3.05, 3.63) is 39.1 Å². The van der Waals surface area contributed by atoms with E-state index in [9.17, 15) is 9.18 Å².